The Balaban J connectivity index is 1.81. The normalized spacial score (nSPS) is 25.6. The highest BCUT2D eigenvalue weighted by Gasteiger charge is 2.52. The van der Waals surface area contributed by atoms with Gasteiger partial charge in [-0.25, -0.2) is 9.97 Å². The molecule has 2 aliphatic heterocycles. The number of fused-ring (bicyclic) bond motifs is 5. The van der Waals surface area contributed by atoms with Crippen LogP contribution >= 0.6 is 0 Å². The first-order chi connectivity index (χ1) is 13.2. The number of allylic oxidation sites excluding steroid dienone is 1. The van der Waals surface area contributed by atoms with Gasteiger partial charge in [-0.05, 0) is 23.8 Å². The molecule has 0 aliphatic carbocycles. The van der Waals surface area contributed by atoms with Crippen LogP contribution in [0.2, 0.25) is 0 Å². The molecule has 4 heterocycles. The fraction of sp³-hybridized carbons (Fsp3) is 0.227. The second kappa shape index (κ2) is 5.64. The lowest BCUT2D eigenvalue weighted by molar-refractivity contribution is 0.312. The van der Waals surface area contributed by atoms with E-state index in [1.54, 1.807) is 12.5 Å². The van der Waals surface area contributed by atoms with E-state index in [0.717, 1.165) is 17.2 Å². The van der Waals surface area contributed by atoms with Crippen molar-refractivity contribution >= 4 is 22.9 Å². The molecule has 5 nitrogen and oxygen atoms in total. The van der Waals surface area contributed by atoms with Crippen LogP contribution in [0.4, 0.5) is 22.9 Å². The van der Waals surface area contributed by atoms with Crippen LogP contribution in [0.3, 0.4) is 0 Å². The minimum Gasteiger partial charge on any atom is -0.315 e. The number of nitrogens with zero attached hydrogens (tertiary/aromatic N) is 5. The molecule has 27 heavy (non-hydrogen) atoms. The molecule has 0 saturated heterocycles. The lowest BCUT2D eigenvalue weighted by Crippen LogP contribution is -2.54. The Kier molecular flexibility index (Phi) is 3.34. The Bertz CT molecular complexity index is 1020. The lowest BCUT2D eigenvalue weighted by Gasteiger charge is -2.49. The van der Waals surface area contributed by atoms with Crippen molar-refractivity contribution in [2.24, 2.45) is 5.92 Å². The maximum Gasteiger partial charge on any atom is 0.162 e. The summed E-state index contributed by atoms with van der Waals surface area (Å²) in [6, 6.07) is 12.6. The molecule has 0 N–H and O–H groups in total. The zero-order valence-electron chi connectivity index (χ0n) is 15.4. The van der Waals surface area contributed by atoms with Gasteiger partial charge in [0.05, 0.1) is 18.1 Å². The van der Waals surface area contributed by atoms with Gasteiger partial charge in [0.15, 0.2) is 5.82 Å². The van der Waals surface area contributed by atoms with Gasteiger partial charge in [-0.3, -0.25) is 4.98 Å². The van der Waals surface area contributed by atoms with Crippen LogP contribution in [0.15, 0.2) is 74.0 Å². The summed E-state index contributed by atoms with van der Waals surface area (Å²) < 4.78 is 0. The largest absolute Gasteiger partial charge is 0.315 e. The fourth-order valence-corrected chi connectivity index (χ4v) is 4.54. The van der Waals surface area contributed by atoms with Gasteiger partial charge in [0, 0.05) is 23.2 Å². The van der Waals surface area contributed by atoms with E-state index in [4.69, 9.17) is 0 Å². The van der Waals surface area contributed by atoms with Gasteiger partial charge in [0.1, 0.15) is 18.2 Å². The molecule has 2 aliphatic rings. The summed E-state index contributed by atoms with van der Waals surface area (Å²) in [6.07, 6.45) is 9.37. The first kappa shape index (κ1) is 16.0. The number of benzene rings is 1. The van der Waals surface area contributed by atoms with E-state index in [1.165, 1.54) is 11.3 Å². The monoisotopic (exact) mass is 355 g/mol. The smallest absolute Gasteiger partial charge is 0.162 e. The Morgan fingerprint density at radius 1 is 1.04 bits per heavy atom. The summed E-state index contributed by atoms with van der Waals surface area (Å²) in [6.45, 7) is 8.75. The molecule has 0 spiro atoms. The molecule has 3 atom stereocenters. The Hall–Kier alpha value is -3.21. The predicted molar refractivity (Wildman–Crippen MR) is 107 cm³/mol. The molecule has 134 valence electrons. The molecule has 2 aromatic heterocycles. The highest BCUT2D eigenvalue weighted by atomic mass is 15.5. The minimum absolute atomic E-state index is 0.0683. The van der Waals surface area contributed by atoms with Crippen molar-refractivity contribution in [1.82, 2.24) is 15.0 Å². The Labute approximate surface area is 159 Å². The van der Waals surface area contributed by atoms with Crippen LogP contribution in [0.25, 0.3) is 0 Å². The number of para-hydroxylation sites is 1. The van der Waals surface area contributed by atoms with Crippen molar-refractivity contribution in [2.45, 2.75) is 25.4 Å². The number of pyridine rings is 1. The van der Waals surface area contributed by atoms with E-state index in [-0.39, 0.29) is 17.5 Å². The average molecular weight is 355 g/mol. The summed E-state index contributed by atoms with van der Waals surface area (Å²) in [5, 5.41) is 0. The molecule has 0 bridgehead atoms. The maximum atomic E-state index is 4.64. The third-order valence-corrected chi connectivity index (χ3v) is 6.17. The highest BCUT2D eigenvalue weighted by molar-refractivity contribution is 5.87. The molecule has 3 aromatic rings. The zero-order chi connectivity index (χ0) is 18.6. The summed E-state index contributed by atoms with van der Waals surface area (Å²) in [4.78, 5) is 18.0. The topological polar surface area (TPSA) is 45.2 Å². The molecule has 0 radical (unpaired) electrons. The standard InChI is InChI=1S/C22H21N5/c1-4-22(3)15(2)21-26(16-8-7-11-23-12-16)20-19(13-24-14-25-20)27(21)18-10-6-5-9-17(18)22/h4-15,21H,1H2,2-3H3. The molecule has 5 heteroatoms. The molecule has 0 fully saturated rings. The third-order valence-electron chi connectivity index (χ3n) is 6.17. The zero-order valence-corrected chi connectivity index (χ0v) is 15.4. The van der Waals surface area contributed by atoms with Crippen molar-refractivity contribution in [3.63, 3.8) is 0 Å². The first-order valence-corrected chi connectivity index (χ1v) is 9.18. The van der Waals surface area contributed by atoms with Crippen LogP contribution < -0.4 is 9.80 Å². The van der Waals surface area contributed by atoms with Crippen molar-refractivity contribution in [3.8, 4) is 0 Å². The van der Waals surface area contributed by atoms with Crippen molar-refractivity contribution in [1.29, 1.82) is 0 Å². The SMILES string of the molecule is C=CC1(C)c2ccccc2N2c3cncnc3N(c3cccnc3)C2C1C. The molecular weight excluding hydrogens is 334 g/mol. The van der Waals surface area contributed by atoms with E-state index >= 15 is 0 Å². The van der Waals surface area contributed by atoms with Gasteiger partial charge in [-0.1, -0.05) is 38.1 Å². The van der Waals surface area contributed by atoms with Gasteiger partial charge in [-0.15, -0.1) is 6.58 Å². The van der Waals surface area contributed by atoms with Gasteiger partial charge in [-0.2, -0.15) is 0 Å². The van der Waals surface area contributed by atoms with E-state index in [0.29, 0.717) is 0 Å². The van der Waals surface area contributed by atoms with Gasteiger partial charge < -0.3 is 9.80 Å². The number of hydrogen-bond acceptors (Lipinski definition) is 5. The van der Waals surface area contributed by atoms with Gasteiger partial charge in [0.2, 0.25) is 0 Å². The summed E-state index contributed by atoms with van der Waals surface area (Å²) in [5.41, 5.74) is 4.37. The Morgan fingerprint density at radius 2 is 1.89 bits per heavy atom. The van der Waals surface area contributed by atoms with Crippen molar-refractivity contribution in [2.75, 3.05) is 9.80 Å². The molecule has 5 rings (SSSR count). The van der Waals surface area contributed by atoms with Gasteiger partial charge >= 0.3 is 0 Å². The van der Waals surface area contributed by atoms with E-state index in [2.05, 4.69) is 81.6 Å². The molecule has 0 saturated carbocycles. The Morgan fingerprint density at radius 3 is 2.67 bits per heavy atom. The quantitative estimate of drug-likeness (QED) is 0.630. The van der Waals surface area contributed by atoms with Gasteiger partial charge in [0.25, 0.3) is 0 Å². The van der Waals surface area contributed by atoms with Crippen molar-refractivity contribution < 1.29 is 0 Å². The summed E-state index contributed by atoms with van der Waals surface area (Å²) in [7, 11) is 0. The van der Waals surface area contributed by atoms with E-state index in [9.17, 15) is 0 Å². The molecule has 1 aromatic carbocycles. The number of anilines is 4. The van der Waals surface area contributed by atoms with Crippen molar-refractivity contribution in [3.05, 3.63) is 79.5 Å². The maximum absolute atomic E-state index is 4.64. The highest BCUT2D eigenvalue weighted by Crippen LogP contribution is 2.56. The van der Waals surface area contributed by atoms with E-state index in [1.807, 2.05) is 18.5 Å². The van der Waals surface area contributed by atoms with Crippen LogP contribution in [-0.2, 0) is 5.41 Å². The first-order valence-electron chi connectivity index (χ1n) is 9.18. The molecular formula is C22H21N5. The van der Waals surface area contributed by atoms with Crippen LogP contribution in [0, 0.1) is 5.92 Å². The second-order valence-electron chi connectivity index (χ2n) is 7.39. The summed E-state index contributed by atoms with van der Waals surface area (Å²) in [5.74, 6) is 1.18. The van der Waals surface area contributed by atoms with Crippen LogP contribution in [-0.4, -0.2) is 21.1 Å². The lowest BCUT2D eigenvalue weighted by atomic mass is 9.67. The second-order valence-corrected chi connectivity index (χ2v) is 7.39. The number of hydrogen-bond donors (Lipinski definition) is 0. The minimum atomic E-state index is -0.159. The number of rotatable bonds is 2. The third kappa shape index (κ3) is 2.02. The molecule has 3 unspecified atom stereocenters. The van der Waals surface area contributed by atoms with Crippen LogP contribution in [0.5, 0.6) is 0 Å². The van der Waals surface area contributed by atoms with E-state index < -0.39 is 0 Å². The number of aromatic nitrogens is 3. The van der Waals surface area contributed by atoms with Crippen LogP contribution in [0.1, 0.15) is 19.4 Å². The summed E-state index contributed by atoms with van der Waals surface area (Å²) >= 11 is 0. The fourth-order valence-electron chi connectivity index (χ4n) is 4.54. The predicted octanol–water partition coefficient (Wildman–Crippen LogP) is 4.58. The molecule has 0 amide bonds. The average Bonchev–Trinajstić information content (AvgIpc) is 3.08.